The first-order valence-electron chi connectivity index (χ1n) is 7.69. The van der Waals surface area contributed by atoms with Crippen LogP contribution >= 0.6 is 0 Å². The molecule has 0 bridgehead atoms. The third kappa shape index (κ3) is 6.93. The van der Waals surface area contributed by atoms with E-state index in [4.69, 9.17) is 14.9 Å². The third-order valence-electron chi connectivity index (χ3n) is 2.88. The third-order valence-corrected chi connectivity index (χ3v) is 2.88. The summed E-state index contributed by atoms with van der Waals surface area (Å²) in [7, 11) is 1.65. The van der Waals surface area contributed by atoms with Gasteiger partial charge in [-0.05, 0) is 42.1 Å². The van der Waals surface area contributed by atoms with E-state index in [1.54, 1.807) is 31.7 Å². The minimum Gasteiger partial charge on any atom is -0.463 e. The van der Waals surface area contributed by atoms with Crippen LogP contribution in [0.3, 0.4) is 0 Å². The lowest BCUT2D eigenvalue weighted by molar-refractivity contribution is 0.185. The van der Waals surface area contributed by atoms with Crippen LogP contribution in [0.5, 0.6) is 0 Å². The highest BCUT2D eigenvalue weighted by atomic mass is 16.5. The highest BCUT2D eigenvalue weighted by molar-refractivity contribution is 6.07. The Balaban J connectivity index is 0.000000593. The lowest BCUT2D eigenvalue weighted by Crippen LogP contribution is -1.96. The van der Waals surface area contributed by atoms with Gasteiger partial charge in [0.15, 0.2) is 11.6 Å². The normalized spacial score (nSPS) is 11.3. The lowest BCUT2D eigenvalue weighted by Gasteiger charge is -2.01. The van der Waals surface area contributed by atoms with Gasteiger partial charge in [0, 0.05) is 13.3 Å². The molecule has 0 radical (unpaired) electrons. The van der Waals surface area contributed by atoms with Crippen molar-refractivity contribution < 1.29 is 9.15 Å². The number of aliphatic imine (C=N–C) groups is 1. The predicted molar refractivity (Wildman–Crippen MR) is 93.8 cm³/mol. The number of allylic oxidation sites excluding steroid dienone is 1. The van der Waals surface area contributed by atoms with E-state index >= 15 is 0 Å². The highest BCUT2D eigenvalue weighted by Gasteiger charge is 2.04. The topological polar surface area (TPSA) is 73.6 Å². The summed E-state index contributed by atoms with van der Waals surface area (Å²) in [5.41, 5.74) is 7.05. The number of methoxy groups -OCH3 is 1. The molecule has 23 heavy (non-hydrogen) atoms. The molecule has 0 saturated heterocycles. The number of hydrogen-bond acceptors (Lipinski definition) is 5. The molecular weight excluding hydrogens is 290 g/mol. The Kier molecular flexibility index (Phi) is 9.09. The second-order valence-corrected chi connectivity index (χ2v) is 4.79. The van der Waals surface area contributed by atoms with E-state index in [0.717, 1.165) is 5.56 Å². The van der Waals surface area contributed by atoms with Crippen molar-refractivity contribution in [2.75, 3.05) is 7.11 Å². The maximum atomic E-state index is 5.42. The largest absolute Gasteiger partial charge is 0.463 e. The Labute approximate surface area is 137 Å². The second kappa shape index (κ2) is 11.2. The van der Waals surface area contributed by atoms with E-state index in [1.165, 1.54) is 19.0 Å². The Morgan fingerprint density at radius 3 is 2.70 bits per heavy atom. The molecule has 0 spiro atoms. The number of ether oxygens (including phenoxy) is 1. The van der Waals surface area contributed by atoms with Crippen molar-refractivity contribution in [3.63, 3.8) is 0 Å². The first-order chi connectivity index (χ1) is 11.2. The lowest BCUT2D eigenvalue weighted by atomic mass is 10.2. The molecule has 5 nitrogen and oxygen atoms in total. The fraction of sp³-hybridized carbons (Fsp3) is 0.333. The second-order valence-electron chi connectivity index (χ2n) is 4.79. The van der Waals surface area contributed by atoms with Crippen molar-refractivity contribution in [1.29, 1.82) is 0 Å². The summed E-state index contributed by atoms with van der Waals surface area (Å²) in [5.74, 6) is 1.22. The minimum absolute atomic E-state index is 0.522. The molecule has 0 atom stereocenters. The van der Waals surface area contributed by atoms with Gasteiger partial charge >= 0.3 is 0 Å². The zero-order valence-corrected chi connectivity index (χ0v) is 14.0. The first-order valence-corrected chi connectivity index (χ1v) is 7.69. The summed E-state index contributed by atoms with van der Waals surface area (Å²) < 4.78 is 10.4. The van der Waals surface area contributed by atoms with E-state index in [1.807, 2.05) is 18.2 Å². The maximum Gasteiger partial charge on any atom is 0.152 e. The molecule has 0 aliphatic carbocycles. The summed E-state index contributed by atoms with van der Waals surface area (Å²) in [4.78, 5) is 8.62. The number of pyridine rings is 1. The van der Waals surface area contributed by atoms with E-state index < -0.39 is 0 Å². The number of furan rings is 1. The van der Waals surface area contributed by atoms with Crippen LogP contribution in [0.1, 0.15) is 38.0 Å². The molecule has 2 N–H and O–H groups in total. The molecule has 2 heterocycles. The summed E-state index contributed by atoms with van der Waals surface area (Å²) in [6.07, 6.45) is 9.01. The van der Waals surface area contributed by atoms with Gasteiger partial charge in [0.25, 0.3) is 0 Å². The fourth-order valence-electron chi connectivity index (χ4n) is 1.59. The van der Waals surface area contributed by atoms with Gasteiger partial charge in [0.1, 0.15) is 5.71 Å². The Bertz CT molecular complexity index is 602. The van der Waals surface area contributed by atoms with Gasteiger partial charge < -0.3 is 14.9 Å². The summed E-state index contributed by atoms with van der Waals surface area (Å²) in [6, 6.07) is 7.35. The SMILES string of the molecule is CCCC.COCc1ccnc(N=C(/C=C\N)c2ccco2)c1. The van der Waals surface area contributed by atoms with Gasteiger partial charge in [0.2, 0.25) is 0 Å². The van der Waals surface area contributed by atoms with Crippen molar-refractivity contribution in [3.8, 4) is 0 Å². The molecule has 2 aromatic rings. The number of hydrogen-bond donors (Lipinski definition) is 1. The van der Waals surface area contributed by atoms with Crippen molar-refractivity contribution in [2.45, 2.75) is 33.3 Å². The van der Waals surface area contributed by atoms with Crippen LogP contribution in [-0.2, 0) is 11.3 Å². The van der Waals surface area contributed by atoms with Crippen LogP contribution in [0.25, 0.3) is 0 Å². The smallest absolute Gasteiger partial charge is 0.152 e. The molecule has 0 aromatic carbocycles. The quantitative estimate of drug-likeness (QED) is 0.810. The van der Waals surface area contributed by atoms with Crippen LogP contribution in [0.15, 0.2) is 58.4 Å². The van der Waals surface area contributed by atoms with Gasteiger partial charge in [-0.1, -0.05) is 26.7 Å². The molecule has 0 aliphatic heterocycles. The van der Waals surface area contributed by atoms with E-state index in [2.05, 4.69) is 23.8 Å². The van der Waals surface area contributed by atoms with Crippen molar-refractivity contribution in [2.24, 2.45) is 10.7 Å². The van der Waals surface area contributed by atoms with Crippen LogP contribution in [0, 0.1) is 0 Å². The zero-order valence-electron chi connectivity index (χ0n) is 14.0. The molecule has 0 saturated carbocycles. The molecule has 0 fully saturated rings. The van der Waals surface area contributed by atoms with E-state index in [0.29, 0.717) is 23.9 Å². The van der Waals surface area contributed by atoms with Crippen LogP contribution in [0.2, 0.25) is 0 Å². The molecule has 124 valence electrons. The molecule has 5 heteroatoms. The number of rotatable bonds is 6. The number of unbranched alkanes of at least 4 members (excludes halogenated alkanes) is 1. The van der Waals surface area contributed by atoms with Crippen LogP contribution in [0.4, 0.5) is 5.82 Å². The Morgan fingerprint density at radius 2 is 2.13 bits per heavy atom. The predicted octanol–water partition coefficient (Wildman–Crippen LogP) is 4.22. The summed E-state index contributed by atoms with van der Waals surface area (Å²) >= 11 is 0. The number of nitrogens with two attached hydrogens (primary N) is 1. The molecule has 0 amide bonds. The van der Waals surface area contributed by atoms with Crippen molar-refractivity contribution in [3.05, 3.63) is 60.3 Å². The molecule has 2 rings (SSSR count). The van der Waals surface area contributed by atoms with Crippen LogP contribution in [-0.4, -0.2) is 17.8 Å². The van der Waals surface area contributed by atoms with Crippen LogP contribution < -0.4 is 5.73 Å². The van der Waals surface area contributed by atoms with Gasteiger partial charge in [0.05, 0.1) is 12.9 Å². The van der Waals surface area contributed by atoms with E-state index in [-0.39, 0.29) is 0 Å². The first kappa shape index (κ1) is 18.6. The maximum absolute atomic E-state index is 5.42. The van der Waals surface area contributed by atoms with Crippen molar-refractivity contribution >= 4 is 11.5 Å². The van der Waals surface area contributed by atoms with Gasteiger partial charge in [-0.25, -0.2) is 9.98 Å². The fourth-order valence-corrected chi connectivity index (χ4v) is 1.59. The minimum atomic E-state index is 0.522. The van der Waals surface area contributed by atoms with Gasteiger partial charge in [-0.3, -0.25) is 0 Å². The number of nitrogens with zero attached hydrogens (tertiary/aromatic N) is 2. The molecule has 0 unspecified atom stereocenters. The zero-order chi connectivity index (χ0) is 16.9. The molecule has 2 aromatic heterocycles. The Hall–Kier alpha value is -2.40. The average molecular weight is 315 g/mol. The molecular formula is C18H25N3O2. The number of aromatic nitrogens is 1. The highest BCUT2D eigenvalue weighted by Crippen LogP contribution is 2.14. The summed E-state index contributed by atoms with van der Waals surface area (Å²) in [6.45, 7) is 4.88. The van der Waals surface area contributed by atoms with Crippen molar-refractivity contribution in [1.82, 2.24) is 4.98 Å². The van der Waals surface area contributed by atoms with E-state index in [9.17, 15) is 0 Å². The standard InChI is InChI=1S/C14H15N3O2.C4H10/c1-18-10-11-5-7-16-14(9-11)17-12(4-6-15)13-3-2-8-19-13;1-3-4-2/h2-9H,10,15H2,1H3;3-4H2,1-2H3/b6-4-,17-12?;. The molecule has 0 aliphatic rings. The Morgan fingerprint density at radius 1 is 1.35 bits per heavy atom. The van der Waals surface area contributed by atoms with Gasteiger partial charge in [-0.15, -0.1) is 0 Å². The van der Waals surface area contributed by atoms with Gasteiger partial charge in [-0.2, -0.15) is 0 Å². The monoisotopic (exact) mass is 315 g/mol. The summed E-state index contributed by atoms with van der Waals surface area (Å²) in [5, 5.41) is 0. The average Bonchev–Trinajstić information content (AvgIpc) is 3.10.